The number of nitrogens with one attached hydrogen (secondary N) is 1. The minimum Gasteiger partial charge on any atom is -0.467 e. The van der Waals surface area contributed by atoms with Gasteiger partial charge in [0.1, 0.15) is 5.76 Å². The second-order valence-corrected chi connectivity index (χ2v) is 5.19. The van der Waals surface area contributed by atoms with Gasteiger partial charge in [-0.05, 0) is 25.1 Å². The van der Waals surface area contributed by atoms with Crippen LogP contribution in [-0.4, -0.2) is 35.2 Å². The third-order valence-corrected chi connectivity index (χ3v) is 3.65. The molecule has 0 bridgehead atoms. The van der Waals surface area contributed by atoms with Gasteiger partial charge in [-0.3, -0.25) is 19.7 Å². The predicted octanol–water partition coefficient (Wildman–Crippen LogP) is 2.14. The largest absolute Gasteiger partial charge is 0.467 e. The van der Waals surface area contributed by atoms with E-state index in [4.69, 9.17) is 4.42 Å². The molecule has 0 fully saturated rings. The van der Waals surface area contributed by atoms with Crippen molar-refractivity contribution in [2.45, 2.75) is 13.0 Å². The highest BCUT2D eigenvalue weighted by molar-refractivity contribution is 5.96. The molecule has 0 aliphatic carbocycles. The molecule has 1 aromatic heterocycles. The van der Waals surface area contributed by atoms with E-state index in [-0.39, 0.29) is 29.7 Å². The van der Waals surface area contributed by atoms with E-state index in [0.29, 0.717) is 5.76 Å². The van der Waals surface area contributed by atoms with Crippen LogP contribution >= 0.6 is 0 Å². The Hall–Kier alpha value is -3.16. The lowest BCUT2D eigenvalue weighted by atomic mass is 10.2. The first-order chi connectivity index (χ1) is 11.4. The lowest BCUT2D eigenvalue weighted by Crippen LogP contribution is -2.39. The van der Waals surface area contributed by atoms with Crippen molar-refractivity contribution >= 4 is 17.5 Å². The average molecular weight is 331 g/mol. The highest BCUT2D eigenvalue weighted by Crippen LogP contribution is 2.18. The Morgan fingerprint density at radius 3 is 2.71 bits per heavy atom. The summed E-state index contributed by atoms with van der Waals surface area (Å²) in [5, 5.41) is 13.2. The van der Waals surface area contributed by atoms with Crippen LogP contribution in [0, 0.1) is 10.1 Å². The first-order valence-corrected chi connectivity index (χ1v) is 7.22. The van der Waals surface area contributed by atoms with Gasteiger partial charge in [-0.2, -0.15) is 0 Å². The molecular formula is C16H17N3O5. The number of nitrogens with zero attached hydrogens (tertiary/aromatic N) is 2. The zero-order valence-corrected chi connectivity index (χ0v) is 13.3. The van der Waals surface area contributed by atoms with Crippen molar-refractivity contribution in [1.29, 1.82) is 0 Å². The summed E-state index contributed by atoms with van der Waals surface area (Å²) in [6.45, 7) is 1.59. The molecule has 1 N–H and O–H groups in total. The summed E-state index contributed by atoms with van der Waals surface area (Å²) in [6.07, 6.45) is 1.52. The minimum absolute atomic E-state index is 0.124. The van der Waals surface area contributed by atoms with Gasteiger partial charge in [0.15, 0.2) is 0 Å². The van der Waals surface area contributed by atoms with Crippen LogP contribution in [0.1, 0.15) is 29.1 Å². The van der Waals surface area contributed by atoms with Crippen LogP contribution in [-0.2, 0) is 4.79 Å². The van der Waals surface area contributed by atoms with Gasteiger partial charge < -0.3 is 14.6 Å². The zero-order valence-electron chi connectivity index (χ0n) is 13.3. The van der Waals surface area contributed by atoms with Crippen LogP contribution in [0.4, 0.5) is 5.69 Å². The molecule has 0 aliphatic rings. The molecule has 0 radical (unpaired) electrons. The van der Waals surface area contributed by atoms with E-state index >= 15 is 0 Å². The molecule has 2 aromatic rings. The Morgan fingerprint density at radius 2 is 2.08 bits per heavy atom. The maximum Gasteiger partial charge on any atom is 0.270 e. The Bertz CT molecular complexity index is 742. The summed E-state index contributed by atoms with van der Waals surface area (Å²) in [6, 6.07) is 8.53. The number of nitro groups is 1. The maximum atomic E-state index is 12.2. The van der Waals surface area contributed by atoms with Crippen LogP contribution in [0.5, 0.6) is 0 Å². The number of benzene rings is 1. The van der Waals surface area contributed by atoms with E-state index in [2.05, 4.69) is 5.32 Å². The number of likely N-dealkylation sites (N-methyl/N-ethyl adjacent to an activating group) is 1. The molecule has 126 valence electrons. The quantitative estimate of drug-likeness (QED) is 0.645. The van der Waals surface area contributed by atoms with Crippen LogP contribution < -0.4 is 5.32 Å². The van der Waals surface area contributed by atoms with Crippen molar-refractivity contribution in [1.82, 2.24) is 10.2 Å². The molecular weight excluding hydrogens is 314 g/mol. The summed E-state index contributed by atoms with van der Waals surface area (Å²) >= 11 is 0. The fraction of sp³-hybridized carbons (Fsp3) is 0.250. The van der Waals surface area contributed by atoms with Crippen molar-refractivity contribution in [3.05, 3.63) is 64.1 Å². The van der Waals surface area contributed by atoms with E-state index in [1.165, 1.54) is 29.4 Å². The molecule has 1 heterocycles. The highest BCUT2D eigenvalue weighted by atomic mass is 16.6. The molecule has 1 unspecified atom stereocenters. The van der Waals surface area contributed by atoms with Crippen LogP contribution in [0.3, 0.4) is 0 Å². The third kappa shape index (κ3) is 3.97. The molecule has 2 amide bonds. The fourth-order valence-corrected chi connectivity index (χ4v) is 2.08. The second-order valence-electron chi connectivity index (χ2n) is 5.19. The van der Waals surface area contributed by atoms with E-state index in [1.807, 2.05) is 0 Å². The molecule has 2 rings (SSSR count). The number of furan rings is 1. The molecule has 8 heteroatoms. The number of nitro benzene ring substituents is 1. The predicted molar refractivity (Wildman–Crippen MR) is 85.3 cm³/mol. The standard InChI is InChI=1S/C16H17N3O5/c1-11(14-7-4-8-24-14)18(2)15(20)10-17-16(21)12-5-3-6-13(9-12)19(22)23/h3-9,11H,10H2,1-2H3,(H,17,21). The first kappa shape index (κ1) is 17.2. The first-order valence-electron chi connectivity index (χ1n) is 7.22. The van der Waals surface area contributed by atoms with E-state index < -0.39 is 10.8 Å². The Labute approximate surface area is 138 Å². The van der Waals surface area contributed by atoms with Gasteiger partial charge in [0.05, 0.1) is 23.8 Å². The third-order valence-electron chi connectivity index (χ3n) is 3.65. The Morgan fingerprint density at radius 1 is 1.33 bits per heavy atom. The lowest BCUT2D eigenvalue weighted by molar-refractivity contribution is -0.384. The number of hydrogen-bond donors (Lipinski definition) is 1. The summed E-state index contributed by atoms with van der Waals surface area (Å²) in [4.78, 5) is 35.8. The van der Waals surface area contributed by atoms with E-state index in [0.717, 1.165) is 6.07 Å². The average Bonchev–Trinajstić information content (AvgIpc) is 3.12. The topological polar surface area (TPSA) is 106 Å². The summed E-state index contributed by atoms with van der Waals surface area (Å²) in [5.74, 6) is -0.223. The van der Waals surface area contributed by atoms with Crippen LogP contribution in [0.15, 0.2) is 47.1 Å². The Kier molecular flexibility index (Phi) is 5.31. The number of carbonyl (C=O) groups is 2. The maximum absolute atomic E-state index is 12.2. The zero-order chi connectivity index (χ0) is 17.7. The molecule has 8 nitrogen and oxygen atoms in total. The highest BCUT2D eigenvalue weighted by Gasteiger charge is 2.20. The molecule has 0 aliphatic heterocycles. The number of carbonyl (C=O) groups excluding carboxylic acids is 2. The number of non-ortho nitro benzene ring substituents is 1. The normalized spacial score (nSPS) is 11.6. The fourth-order valence-electron chi connectivity index (χ4n) is 2.08. The molecule has 1 atom stereocenters. The van der Waals surface area contributed by atoms with Gasteiger partial charge in [0, 0.05) is 24.7 Å². The van der Waals surface area contributed by atoms with Gasteiger partial charge >= 0.3 is 0 Å². The van der Waals surface area contributed by atoms with Crippen molar-refractivity contribution in [3.63, 3.8) is 0 Å². The van der Waals surface area contributed by atoms with Crippen LogP contribution in [0.25, 0.3) is 0 Å². The number of amides is 2. The summed E-state index contributed by atoms with van der Waals surface area (Å²) in [7, 11) is 1.61. The van der Waals surface area contributed by atoms with Crippen molar-refractivity contribution in [3.8, 4) is 0 Å². The van der Waals surface area contributed by atoms with Crippen molar-refractivity contribution in [2.24, 2.45) is 0 Å². The van der Waals surface area contributed by atoms with Crippen LogP contribution in [0.2, 0.25) is 0 Å². The summed E-state index contributed by atoms with van der Waals surface area (Å²) < 4.78 is 5.25. The van der Waals surface area contributed by atoms with Crippen molar-refractivity contribution < 1.29 is 18.9 Å². The molecule has 0 saturated carbocycles. The van der Waals surface area contributed by atoms with E-state index in [9.17, 15) is 19.7 Å². The lowest BCUT2D eigenvalue weighted by Gasteiger charge is -2.23. The second kappa shape index (κ2) is 7.40. The molecule has 1 aromatic carbocycles. The molecule has 24 heavy (non-hydrogen) atoms. The van der Waals surface area contributed by atoms with Gasteiger partial charge in [-0.15, -0.1) is 0 Å². The molecule has 0 spiro atoms. The minimum atomic E-state index is -0.583. The summed E-state index contributed by atoms with van der Waals surface area (Å²) in [5.41, 5.74) is -0.0590. The molecule has 0 saturated heterocycles. The van der Waals surface area contributed by atoms with Gasteiger partial charge in [-0.25, -0.2) is 0 Å². The van der Waals surface area contributed by atoms with Gasteiger partial charge in [0.25, 0.3) is 11.6 Å². The van der Waals surface area contributed by atoms with Gasteiger partial charge in [0.2, 0.25) is 5.91 Å². The SMILES string of the molecule is CC(c1ccco1)N(C)C(=O)CNC(=O)c1cccc([N+](=O)[O-])c1. The van der Waals surface area contributed by atoms with Gasteiger partial charge in [-0.1, -0.05) is 6.07 Å². The van der Waals surface area contributed by atoms with E-state index in [1.54, 1.807) is 26.1 Å². The number of rotatable bonds is 6. The number of hydrogen-bond acceptors (Lipinski definition) is 5. The monoisotopic (exact) mass is 331 g/mol. The Balaban J connectivity index is 1.94. The van der Waals surface area contributed by atoms with Crippen molar-refractivity contribution in [2.75, 3.05) is 13.6 Å². The smallest absolute Gasteiger partial charge is 0.270 e.